The molecule has 0 aliphatic carbocycles. The maximum Gasteiger partial charge on any atom is 0.249 e. The molecule has 0 aliphatic heterocycles. The molecular formula is C20H20F2N6O4. The fraction of sp³-hybridized carbons (Fsp3) is 0.200. The van der Waals surface area contributed by atoms with Crippen LogP contribution in [-0.4, -0.2) is 39.6 Å². The first-order chi connectivity index (χ1) is 15.4. The predicted molar refractivity (Wildman–Crippen MR) is 111 cm³/mol. The molecule has 1 aromatic carbocycles. The standard InChI is InChI=1S/C20H20F2N6O4/c1-5-15(29)26-18-19(28(2)10-25-18)27-20-23-7-11(8-24-20)32-9-12-16(21)13(30-3)6-14(31-4)17(12)22/h5-8,10H,1,9H2,2-4H3,(H,26,29)(H,23,24,27). The lowest BCUT2D eigenvalue weighted by Crippen LogP contribution is -2.11. The van der Waals surface area contributed by atoms with Gasteiger partial charge in [-0.1, -0.05) is 6.58 Å². The Hall–Kier alpha value is -4.22. The van der Waals surface area contributed by atoms with Crippen LogP contribution in [0.2, 0.25) is 0 Å². The van der Waals surface area contributed by atoms with Crippen molar-refractivity contribution in [3.63, 3.8) is 0 Å². The minimum absolute atomic E-state index is 0.168. The first-order valence-corrected chi connectivity index (χ1v) is 9.13. The fourth-order valence-electron chi connectivity index (χ4n) is 2.62. The Morgan fingerprint density at radius 3 is 2.34 bits per heavy atom. The van der Waals surface area contributed by atoms with Crippen molar-refractivity contribution in [1.29, 1.82) is 0 Å². The molecule has 2 aromatic heterocycles. The number of aromatic nitrogens is 4. The smallest absolute Gasteiger partial charge is 0.249 e. The third-order valence-corrected chi connectivity index (χ3v) is 4.27. The van der Waals surface area contributed by atoms with Crippen molar-refractivity contribution in [1.82, 2.24) is 19.5 Å². The summed E-state index contributed by atoms with van der Waals surface area (Å²) < 4.78 is 45.7. The molecule has 0 radical (unpaired) electrons. The lowest BCUT2D eigenvalue weighted by molar-refractivity contribution is -0.111. The van der Waals surface area contributed by atoms with E-state index in [0.29, 0.717) is 5.82 Å². The molecule has 3 rings (SSSR count). The molecule has 0 bridgehead atoms. The third-order valence-electron chi connectivity index (χ3n) is 4.27. The molecule has 0 unspecified atom stereocenters. The van der Waals surface area contributed by atoms with Gasteiger partial charge in [0.15, 0.2) is 40.5 Å². The highest BCUT2D eigenvalue weighted by Crippen LogP contribution is 2.32. The van der Waals surface area contributed by atoms with Crippen molar-refractivity contribution in [3.8, 4) is 17.2 Å². The number of anilines is 3. The number of aryl methyl sites for hydroxylation is 1. The van der Waals surface area contributed by atoms with E-state index >= 15 is 0 Å². The van der Waals surface area contributed by atoms with Gasteiger partial charge in [-0.2, -0.15) is 0 Å². The number of rotatable bonds is 9. The number of halogens is 2. The second kappa shape index (κ2) is 9.73. The molecule has 0 spiro atoms. The maximum atomic E-state index is 14.4. The van der Waals surface area contributed by atoms with Gasteiger partial charge in [0.1, 0.15) is 6.61 Å². The van der Waals surface area contributed by atoms with E-state index in [4.69, 9.17) is 14.2 Å². The topological polar surface area (TPSA) is 112 Å². The molecule has 0 saturated heterocycles. The number of hydrogen-bond donors (Lipinski definition) is 2. The minimum Gasteiger partial charge on any atom is -0.494 e. The van der Waals surface area contributed by atoms with Crippen molar-refractivity contribution in [2.45, 2.75) is 6.61 Å². The number of amides is 1. The average Bonchev–Trinajstić information content (AvgIpc) is 3.13. The summed E-state index contributed by atoms with van der Waals surface area (Å²) in [6.45, 7) is 2.95. The van der Waals surface area contributed by atoms with E-state index < -0.39 is 24.1 Å². The molecule has 12 heteroatoms. The summed E-state index contributed by atoms with van der Waals surface area (Å²) in [6, 6.07) is 1.11. The Morgan fingerprint density at radius 1 is 1.16 bits per heavy atom. The molecule has 0 fully saturated rings. The van der Waals surface area contributed by atoms with E-state index in [1.807, 2.05) is 0 Å². The number of carbonyl (C=O) groups is 1. The average molecular weight is 446 g/mol. The molecule has 2 heterocycles. The number of nitrogens with zero attached hydrogens (tertiary/aromatic N) is 4. The second-order valence-corrected chi connectivity index (χ2v) is 6.29. The number of imidazole rings is 1. The quantitative estimate of drug-likeness (QED) is 0.483. The Balaban J connectivity index is 1.73. The zero-order valence-electron chi connectivity index (χ0n) is 17.5. The van der Waals surface area contributed by atoms with Crippen molar-refractivity contribution < 1.29 is 27.8 Å². The maximum absolute atomic E-state index is 14.4. The van der Waals surface area contributed by atoms with E-state index in [9.17, 15) is 13.6 Å². The van der Waals surface area contributed by atoms with Gasteiger partial charge in [-0.3, -0.25) is 4.79 Å². The molecule has 1 amide bonds. The van der Waals surface area contributed by atoms with Gasteiger partial charge >= 0.3 is 0 Å². The van der Waals surface area contributed by atoms with Crippen LogP contribution in [0.25, 0.3) is 0 Å². The van der Waals surface area contributed by atoms with E-state index in [-0.39, 0.29) is 34.6 Å². The molecule has 10 nitrogen and oxygen atoms in total. The Bertz CT molecular complexity index is 1110. The lowest BCUT2D eigenvalue weighted by atomic mass is 10.1. The van der Waals surface area contributed by atoms with Crippen LogP contribution in [0.15, 0.2) is 37.4 Å². The second-order valence-electron chi connectivity index (χ2n) is 6.29. The predicted octanol–water partition coefficient (Wildman–Crippen LogP) is 2.95. The van der Waals surface area contributed by atoms with E-state index in [0.717, 1.165) is 12.1 Å². The lowest BCUT2D eigenvalue weighted by Gasteiger charge is -2.13. The summed E-state index contributed by atoms with van der Waals surface area (Å²) in [5.74, 6) is -1.52. The largest absolute Gasteiger partial charge is 0.494 e. The number of hydrogen-bond acceptors (Lipinski definition) is 8. The Kier molecular flexibility index (Phi) is 6.83. The van der Waals surface area contributed by atoms with Crippen molar-refractivity contribution in [2.75, 3.05) is 24.9 Å². The highest BCUT2D eigenvalue weighted by Gasteiger charge is 2.20. The summed E-state index contributed by atoms with van der Waals surface area (Å²) in [5.41, 5.74) is -0.360. The SMILES string of the molecule is C=CC(=O)Nc1ncn(C)c1Nc1ncc(OCc2c(F)c(OC)cc(OC)c2F)cn1. The first kappa shape index (κ1) is 22.5. The van der Waals surface area contributed by atoms with E-state index in [1.54, 1.807) is 11.6 Å². The van der Waals surface area contributed by atoms with Gasteiger partial charge in [0, 0.05) is 13.1 Å². The Labute approximate surface area is 181 Å². The molecule has 3 aromatic rings. The summed E-state index contributed by atoms with van der Waals surface area (Å²) in [5, 5.41) is 5.48. The van der Waals surface area contributed by atoms with Crippen LogP contribution in [0.1, 0.15) is 5.56 Å². The number of methoxy groups -OCH3 is 2. The molecule has 168 valence electrons. The van der Waals surface area contributed by atoms with Gasteiger partial charge in [-0.25, -0.2) is 23.7 Å². The molecule has 32 heavy (non-hydrogen) atoms. The van der Waals surface area contributed by atoms with Crippen LogP contribution in [0.4, 0.5) is 26.4 Å². The fourth-order valence-corrected chi connectivity index (χ4v) is 2.62. The van der Waals surface area contributed by atoms with Gasteiger partial charge in [-0.05, 0) is 6.08 Å². The highest BCUT2D eigenvalue weighted by molar-refractivity contribution is 6.00. The summed E-state index contributed by atoms with van der Waals surface area (Å²) in [4.78, 5) is 23.8. The minimum atomic E-state index is -0.893. The van der Waals surface area contributed by atoms with Crippen LogP contribution in [0.3, 0.4) is 0 Å². The molecular weight excluding hydrogens is 426 g/mol. The van der Waals surface area contributed by atoms with Gasteiger partial charge in [-0.15, -0.1) is 0 Å². The summed E-state index contributed by atoms with van der Waals surface area (Å²) in [6.07, 6.45) is 5.25. The van der Waals surface area contributed by atoms with Gasteiger partial charge in [0.2, 0.25) is 11.9 Å². The normalized spacial score (nSPS) is 10.4. The highest BCUT2D eigenvalue weighted by atomic mass is 19.1. The third kappa shape index (κ3) is 4.74. The van der Waals surface area contributed by atoms with Crippen LogP contribution in [-0.2, 0) is 18.4 Å². The number of nitrogens with one attached hydrogen (secondary N) is 2. The monoisotopic (exact) mass is 446 g/mol. The number of carbonyl (C=O) groups excluding carboxylic acids is 1. The summed E-state index contributed by atoms with van der Waals surface area (Å²) in [7, 11) is 4.23. The molecule has 0 atom stereocenters. The van der Waals surface area contributed by atoms with E-state index in [1.165, 1.54) is 32.9 Å². The molecule has 2 N–H and O–H groups in total. The Morgan fingerprint density at radius 2 is 1.78 bits per heavy atom. The summed E-state index contributed by atoms with van der Waals surface area (Å²) >= 11 is 0. The van der Waals surface area contributed by atoms with Gasteiger partial charge in [0.25, 0.3) is 0 Å². The van der Waals surface area contributed by atoms with Crippen molar-refractivity contribution in [2.24, 2.45) is 7.05 Å². The zero-order chi connectivity index (χ0) is 23.3. The van der Waals surface area contributed by atoms with E-state index in [2.05, 4.69) is 32.2 Å². The van der Waals surface area contributed by atoms with Crippen LogP contribution in [0, 0.1) is 11.6 Å². The first-order valence-electron chi connectivity index (χ1n) is 9.13. The van der Waals surface area contributed by atoms with Crippen molar-refractivity contribution >= 4 is 23.5 Å². The molecule has 0 saturated carbocycles. The number of benzene rings is 1. The van der Waals surface area contributed by atoms with Crippen LogP contribution < -0.4 is 24.8 Å². The molecule has 0 aliphatic rings. The zero-order valence-corrected chi connectivity index (χ0v) is 17.5. The van der Waals surface area contributed by atoms with Crippen molar-refractivity contribution in [3.05, 3.63) is 54.6 Å². The number of ether oxygens (including phenoxy) is 3. The van der Waals surface area contributed by atoms with Gasteiger partial charge < -0.3 is 29.4 Å². The van der Waals surface area contributed by atoms with Gasteiger partial charge in [0.05, 0.1) is 38.5 Å². The van der Waals surface area contributed by atoms with Crippen LogP contribution >= 0.6 is 0 Å². The van der Waals surface area contributed by atoms with Crippen LogP contribution in [0.5, 0.6) is 17.2 Å².